The number of amides is 1. The zero-order valence-corrected chi connectivity index (χ0v) is 11.7. The van der Waals surface area contributed by atoms with Crippen LogP contribution < -0.4 is 10.5 Å². The summed E-state index contributed by atoms with van der Waals surface area (Å²) >= 11 is 0. The van der Waals surface area contributed by atoms with Crippen LogP contribution in [-0.2, 0) is 11.2 Å². The van der Waals surface area contributed by atoms with Crippen molar-refractivity contribution in [2.45, 2.75) is 12.5 Å². The first-order chi connectivity index (χ1) is 10.3. The van der Waals surface area contributed by atoms with Gasteiger partial charge in [-0.2, -0.15) is 0 Å². The van der Waals surface area contributed by atoms with Gasteiger partial charge < -0.3 is 10.5 Å². The van der Waals surface area contributed by atoms with Gasteiger partial charge >= 0.3 is 0 Å². The van der Waals surface area contributed by atoms with Crippen molar-refractivity contribution in [1.82, 2.24) is 4.90 Å². The molecule has 0 bridgehead atoms. The summed E-state index contributed by atoms with van der Waals surface area (Å²) in [5.41, 5.74) is 7.79. The highest BCUT2D eigenvalue weighted by molar-refractivity contribution is 5.82. The SMILES string of the molecule is NC(=O)C1c2ccccc2CCN1COc1ccccc1. The van der Waals surface area contributed by atoms with Gasteiger partial charge in [0.15, 0.2) is 0 Å². The first-order valence-corrected chi connectivity index (χ1v) is 7.05. The molecule has 2 aromatic carbocycles. The fourth-order valence-electron chi connectivity index (χ4n) is 2.76. The van der Waals surface area contributed by atoms with Gasteiger partial charge in [-0.25, -0.2) is 0 Å². The van der Waals surface area contributed by atoms with Crippen LogP contribution in [-0.4, -0.2) is 24.1 Å². The van der Waals surface area contributed by atoms with E-state index in [1.165, 1.54) is 5.56 Å². The number of ether oxygens (including phenoxy) is 1. The number of rotatable bonds is 4. The van der Waals surface area contributed by atoms with Crippen LogP contribution in [0.1, 0.15) is 17.2 Å². The second-order valence-corrected chi connectivity index (χ2v) is 5.15. The van der Waals surface area contributed by atoms with E-state index in [1.54, 1.807) is 0 Å². The van der Waals surface area contributed by atoms with Crippen LogP contribution in [0.3, 0.4) is 0 Å². The molecule has 2 aromatic rings. The Hall–Kier alpha value is -2.33. The Morgan fingerprint density at radius 1 is 1.14 bits per heavy atom. The molecule has 1 unspecified atom stereocenters. The number of carbonyl (C=O) groups excluding carboxylic acids is 1. The molecular formula is C17H18N2O2. The highest BCUT2D eigenvalue weighted by Crippen LogP contribution is 2.29. The first-order valence-electron chi connectivity index (χ1n) is 7.05. The van der Waals surface area contributed by atoms with Crippen LogP contribution in [0.2, 0.25) is 0 Å². The quantitative estimate of drug-likeness (QED) is 0.934. The highest BCUT2D eigenvalue weighted by atomic mass is 16.5. The molecule has 0 saturated carbocycles. The number of benzene rings is 2. The maximum absolute atomic E-state index is 11.9. The molecule has 1 heterocycles. The third-order valence-electron chi connectivity index (χ3n) is 3.79. The lowest BCUT2D eigenvalue weighted by Crippen LogP contribution is -2.44. The average Bonchev–Trinajstić information content (AvgIpc) is 2.53. The van der Waals surface area contributed by atoms with Gasteiger partial charge in [-0.1, -0.05) is 42.5 Å². The third kappa shape index (κ3) is 2.90. The Morgan fingerprint density at radius 3 is 2.62 bits per heavy atom. The lowest BCUT2D eigenvalue weighted by molar-refractivity contribution is -0.125. The van der Waals surface area contributed by atoms with E-state index in [2.05, 4.69) is 6.07 Å². The summed E-state index contributed by atoms with van der Waals surface area (Å²) in [4.78, 5) is 13.8. The molecule has 108 valence electrons. The molecule has 1 aliphatic rings. The van der Waals surface area contributed by atoms with E-state index >= 15 is 0 Å². The lowest BCUT2D eigenvalue weighted by atomic mass is 9.92. The van der Waals surface area contributed by atoms with Gasteiger partial charge in [-0.05, 0) is 29.7 Å². The number of nitrogens with two attached hydrogens (primary N) is 1. The van der Waals surface area contributed by atoms with Crippen molar-refractivity contribution in [3.63, 3.8) is 0 Å². The molecule has 3 rings (SSSR count). The predicted molar refractivity (Wildman–Crippen MR) is 80.7 cm³/mol. The Bertz CT molecular complexity index is 628. The summed E-state index contributed by atoms with van der Waals surface area (Å²) in [6.07, 6.45) is 0.901. The summed E-state index contributed by atoms with van der Waals surface area (Å²) in [6.45, 7) is 1.11. The minimum atomic E-state index is -0.418. The number of hydrogen-bond acceptors (Lipinski definition) is 3. The molecule has 2 N–H and O–H groups in total. The molecule has 0 spiro atoms. The van der Waals surface area contributed by atoms with Gasteiger partial charge in [0.05, 0.1) is 0 Å². The molecule has 0 aromatic heterocycles. The van der Waals surface area contributed by atoms with Crippen LogP contribution >= 0.6 is 0 Å². The van der Waals surface area contributed by atoms with Gasteiger partial charge in [0.1, 0.15) is 18.5 Å². The molecule has 1 aliphatic heterocycles. The molecule has 1 atom stereocenters. The van der Waals surface area contributed by atoms with E-state index in [9.17, 15) is 4.79 Å². The minimum absolute atomic E-state index is 0.334. The van der Waals surface area contributed by atoms with Crippen molar-refractivity contribution < 1.29 is 9.53 Å². The largest absolute Gasteiger partial charge is 0.478 e. The van der Waals surface area contributed by atoms with E-state index in [0.717, 1.165) is 24.3 Å². The highest BCUT2D eigenvalue weighted by Gasteiger charge is 2.31. The lowest BCUT2D eigenvalue weighted by Gasteiger charge is -2.34. The zero-order chi connectivity index (χ0) is 14.7. The molecule has 21 heavy (non-hydrogen) atoms. The maximum atomic E-state index is 11.9. The second kappa shape index (κ2) is 5.97. The maximum Gasteiger partial charge on any atom is 0.239 e. The molecule has 4 heteroatoms. The van der Waals surface area contributed by atoms with Crippen LogP contribution in [0.15, 0.2) is 54.6 Å². The second-order valence-electron chi connectivity index (χ2n) is 5.15. The van der Waals surface area contributed by atoms with E-state index in [4.69, 9.17) is 10.5 Å². The van der Waals surface area contributed by atoms with E-state index in [-0.39, 0.29) is 5.91 Å². The first kappa shape index (κ1) is 13.6. The van der Waals surface area contributed by atoms with Crippen LogP contribution in [0, 0.1) is 0 Å². The monoisotopic (exact) mass is 282 g/mol. The van der Waals surface area contributed by atoms with E-state index in [1.807, 2.05) is 53.4 Å². The van der Waals surface area contributed by atoms with Crippen LogP contribution in [0.4, 0.5) is 0 Å². The summed E-state index contributed by atoms with van der Waals surface area (Å²) in [6, 6.07) is 17.1. The van der Waals surface area contributed by atoms with Crippen molar-refractivity contribution >= 4 is 5.91 Å². The normalized spacial score (nSPS) is 18.0. The number of carbonyl (C=O) groups is 1. The minimum Gasteiger partial charge on any atom is -0.478 e. The molecular weight excluding hydrogens is 264 g/mol. The Morgan fingerprint density at radius 2 is 1.86 bits per heavy atom. The number of fused-ring (bicyclic) bond motifs is 1. The van der Waals surface area contributed by atoms with Gasteiger partial charge in [-0.3, -0.25) is 9.69 Å². The van der Waals surface area contributed by atoms with Gasteiger partial charge in [-0.15, -0.1) is 0 Å². The smallest absolute Gasteiger partial charge is 0.239 e. The Labute approximate surface area is 124 Å². The Kier molecular flexibility index (Phi) is 3.88. The third-order valence-corrected chi connectivity index (χ3v) is 3.79. The fourth-order valence-corrected chi connectivity index (χ4v) is 2.76. The molecule has 0 radical (unpaired) electrons. The Balaban J connectivity index is 1.78. The van der Waals surface area contributed by atoms with Crippen molar-refractivity contribution in [2.75, 3.05) is 13.3 Å². The average molecular weight is 282 g/mol. The number of nitrogens with zero attached hydrogens (tertiary/aromatic N) is 1. The molecule has 0 aliphatic carbocycles. The van der Waals surface area contributed by atoms with Crippen molar-refractivity contribution in [1.29, 1.82) is 0 Å². The van der Waals surface area contributed by atoms with E-state index in [0.29, 0.717) is 6.73 Å². The van der Waals surface area contributed by atoms with Gasteiger partial charge in [0, 0.05) is 6.54 Å². The van der Waals surface area contributed by atoms with Crippen LogP contribution in [0.25, 0.3) is 0 Å². The number of hydrogen-bond donors (Lipinski definition) is 1. The van der Waals surface area contributed by atoms with Crippen LogP contribution in [0.5, 0.6) is 5.75 Å². The molecule has 0 saturated heterocycles. The molecule has 1 amide bonds. The van der Waals surface area contributed by atoms with Gasteiger partial charge in [0.2, 0.25) is 5.91 Å². The number of para-hydroxylation sites is 1. The van der Waals surface area contributed by atoms with Crippen molar-refractivity contribution in [3.8, 4) is 5.75 Å². The standard InChI is InChI=1S/C17H18N2O2/c18-17(20)16-15-9-5-4-6-13(15)10-11-19(16)12-21-14-7-2-1-3-8-14/h1-9,16H,10-12H2,(H2,18,20). The topological polar surface area (TPSA) is 55.6 Å². The predicted octanol–water partition coefficient (Wildman–Crippen LogP) is 2.11. The summed E-state index contributed by atoms with van der Waals surface area (Å²) < 4.78 is 5.76. The van der Waals surface area contributed by atoms with E-state index < -0.39 is 6.04 Å². The van der Waals surface area contributed by atoms with Crippen molar-refractivity contribution in [2.24, 2.45) is 5.73 Å². The summed E-state index contributed by atoms with van der Waals surface area (Å²) in [5.74, 6) is 0.457. The van der Waals surface area contributed by atoms with Crippen molar-refractivity contribution in [3.05, 3.63) is 65.7 Å². The summed E-state index contributed by atoms with van der Waals surface area (Å²) in [5, 5.41) is 0. The number of primary amides is 1. The molecule has 0 fully saturated rings. The fraction of sp³-hybridized carbons (Fsp3) is 0.235. The summed E-state index contributed by atoms with van der Waals surface area (Å²) in [7, 11) is 0. The molecule has 4 nitrogen and oxygen atoms in total. The zero-order valence-electron chi connectivity index (χ0n) is 11.7. The van der Waals surface area contributed by atoms with Gasteiger partial charge in [0.25, 0.3) is 0 Å².